The van der Waals surface area contributed by atoms with Gasteiger partial charge in [0.1, 0.15) is 0 Å². The molecule has 2 rings (SSSR count). The van der Waals surface area contributed by atoms with E-state index in [1.54, 1.807) is 0 Å². The summed E-state index contributed by atoms with van der Waals surface area (Å²) in [7, 11) is 2.43. The van der Waals surface area contributed by atoms with E-state index in [1.807, 2.05) is 41.5 Å². The van der Waals surface area contributed by atoms with Crippen LogP contribution in [-0.4, -0.2) is 58.9 Å². The Balaban J connectivity index is 0.000000420. The molecule has 14 nitrogen and oxygen atoms in total. The SMILES string of the molecule is COC(=O)Cc1cc([N+](=O)[O-])ccc1C(=O)NC(C)(C)C.COC(=O)Cc1cc([N+](=O)[O-])ccc1C(=O)NC(C)(C)C. The molecule has 0 unspecified atom stereocenters. The number of hydrogen-bond donors (Lipinski definition) is 2. The van der Waals surface area contributed by atoms with Crippen molar-refractivity contribution in [2.24, 2.45) is 0 Å². The molecule has 0 aliphatic rings. The van der Waals surface area contributed by atoms with Crippen molar-refractivity contribution < 1.29 is 38.5 Å². The highest BCUT2D eigenvalue weighted by Crippen LogP contribution is 2.21. The first kappa shape index (κ1) is 35.1. The van der Waals surface area contributed by atoms with Gasteiger partial charge in [-0.05, 0) is 64.8 Å². The summed E-state index contributed by atoms with van der Waals surface area (Å²) >= 11 is 0. The van der Waals surface area contributed by atoms with Crippen LogP contribution in [0.5, 0.6) is 0 Å². The van der Waals surface area contributed by atoms with Gasteiger partial charge < -0.3 is 20.1 Å². The van der Waals surface area contributed by atoms with Crippen LogP contribution in [0.1, 0.15) is 73.4 Å². The van der Waals surface area contributed by atoms with Crippen molar-refractivity contribution in [3.8, 4) is 0 Å². The van der Waals surface area contributed by atoms with Gasteiger partial charge in [0.05, 0.1) is 36.9 Å². The number of nitrogens with zero attached hydrogens (tertiary/aromatic N) is 2. The van der Waals surface area contributed by atoms with Gasteiger partial charge in [-0.3, -0.25) is 39.4 Å². The lowest BCUT2D eigenvalue weighted by molar-refractivity contribution is -0.385. The number of nitro benzene ring substituents is 2. The second kappa shape index (κ2) is 14.7. The third-order valence-electron chi connectivity index (χ3n) is 5.19. The molecule has 2 N–H and O–H groups in total. The Labute approximate surface area is 243 Å². The lowest BCUT2D eigenvalue weighted by Gasteiger charge is -2.21. The van der Waals surface area contributed by atoms with Gasteiger partial charge in [-0.1, -0.05) is 0 Å². The van der Waals surface area contributed by atoms with E-state index in [2.05, 4.69) is 20.1 Å². The largest absolute Gasteiger partial charge is 0.469 e. The van der Waals surface area contributed by atoms with E-state index in [-0.39, 0.29) is 46.5 Å². The zero-order chi connectivity index (χ0) is 32.4. The van der Waals surface area contributed by atoms with Crippen LogP contribution in [0.4, 0.5) is 11.4 Å². The van der Waals surface area contributed by atoms with Crippen molar-refractivity contribution in [1.82, 2.24) is 10.6 Å². The maximum Gasteiger partial charge on any atom is 0.310 e. The van der Waals surface area contributed by atoms with Gasteiger partial charge in [0.2, 0.25) is 0 Å². The molecule has 228 valence electrons. The Bertz CT molecular complexity index is 1250. The lowest BCUT2D eigenvalue weighted by Crippen LogP contribution is -2.41. The van der Waals surface area contributed by atoms with Gasteiger partial charge in [0.25, 0.3) is 23.2 Å². The van der Waals surface area contributed by atoms with Crippen LogP contribution in [0.25, 0.3) is 0 Å². The van der Waals surface area contributed by atoms with Crippen molar-refractivity contribution in [2.75, 3.05) is 14.2 Å². The standard InChI is InChI=1S/2C14H18N2O5/c2*1-14(2,3)15-13(18)11-6-5-10(16(19)20)7-9(11)8-12(17)21-4/h2*5-7H,8H2,1-4H3,(H,15,18). The topological polar surface area (TPSA) is 197 Å². The van der Waals surface area contributed by atoms with Crippen LogP contribution in [-0.2, 0) is 31.9 Å². The number of benzene rings is 2. The summed E-state index contributed by atoms with van der Waals surface area (Å²) in [5, 5.41) is 27.1. The first-order chi connectivity index (χ1) is 19.3. The maximum atomic E-state index is 12.2. The van der Waals surface area contributed by atoms with Crippen LogP contribution in [0.2, 0.25) is 0 Å². The highest BCUT2D eigenvalue weighted by Gasteiger charge is 2.23. The Hall–Kier alpha value is -4.88. The highest BCUT2D eigenvalue weighted by molar-refractivity contribution is 5.98. The van der Waals surface area contributed by atoms with Gasteiger partial charge in [-0.2, -0.15) is 0 Å². The third-order valence-corrected chi connectivity index (χ3v) is 5.19. The smallest absolute Gasteiger partial charge is 0.310 e. The predicted octanol–water partition coefficient (Wildman–Crippen LogP) is 3.68. The fraction of sp³-hybridized carbons (Fsp3) is 0.429. The van der Waals surface area contributed by atoms with Crippen molar-refractivity contribution >= 4 is 35.1 Å². The van der Waals surface area contributed by atoms with Crippen LogP contribution in [0.15, 0.2) is 36.4 Å². The van der Waals surface area contributed by atoms with E-state index in [9.17, 15) is 39.4 Å². The fourth-order valence-corrected chi connectivity index (χ4v) is 3.39. The molecule has 0 bridgehead atoms. The Morgan fingerprint density at radius 2 is 0.976 bits per heavy atom. The highest BCUT2D eigenvalue weighted by atomic mass is 16.6. The molecule has 0 aromatic heterocycles. The summed E-state index contributed by atoms with van der Waals surface area (Å²) in [5.41, 5.74) is -0.303. The number of hydrogen-bond acceptors (Lipinski definition) is 10. The molecule has 0 heterocycles. The minimum absolute atomic E-state index is 0.179. The molecule has 2 aromatic rings. The molecule has 0 saturated carbocycles. The number of carbonyl (C=O) groups is 4. The molecular weight excluding hydrogens is 552 g/mol. The summed E-state index contributed by atoms with van der Waals surface area (Å²) in [4.78, 5) is 67.7. The number of ether oxygens (including phenoxy) is 2. The summed E-state index contributed by atoms with van der Waals surface area (Å²) in [6, 6.07) is 7.59. The van der Waals surface area contributed by atoms with Gasteiger partial charge in [0, 0.05) is 46.5 Å². The van der Waals surface area contributed by atoms with Crippen LogP contribution < -0.4 is 10.6 Å². The van der Waals surface area contributed by atoms with Gasteiger partial charge in [-0.25, -0.2) is 0 Å². The minimum Gasteiger partial charge on any atom is -0.469 e. The molecular formula is C28H36N4O10. The van der Waals surface area contributed by atoms with Gasteiger partial charge in [0.15, 0.2) is 0 Å². The number of rotatable bonds is 8. The maximum absolute atomic E-state index is 12.2. The van der Waals surface area contributed by atoms with Crippen LogP contribution in [0, 0.1) is 20.2 Å². The quantitative estimate of drug-likeness (QED) is 0.261. The minimum atomic E-state index is -0.577. The zero-order valence-electron chi connectivity index (χ0n) is 24.9. The van der Waals surface area contributed by atoms with Crippen molar-refractivity contribution in [3.63, 3.8) is 0 Å². The first-order valence-electron chi connectivity index (χ1n) is 12.6. The molecule has 0 aliphatic heterocycles. The second-order valence-electron chi connectivity index (χ2n) is 11.1. The normalized spacial score (nSPS) is 10.9. The van der Waals surface area contributed by atoms with Crippen LogP contribution >= 0.6 is 0 Å². The lowest BCUT2D eigenvalue weighted by atomic mass is 10.0. The van der Waals surface area contributed by atoms with E-state index >= 15 is 0 Å². The molecule has 2 aromatic carbocycles. The summed E-state index contributed by atoms with van der Waals surface area (Å²) in [5.74, 6) is -1.92. The molecule has 14 heteroatoms. The number of methoxy groups -OCH3 is 2. The number of nitro groups is 2. The van der Waals surface area contributed by atoms with Crippen molar-refractivity contribution in [1.29, 1.82) is 0 Å². The molecule has 0 spiro atoms. The van der Waals surface area contributed by atoms with E-state index in [0.717, 1.165) is 0 Å². The van der Waals surface area contributed by atoms with E-state index < -0.39 is 44.7 Å². The number of amides is 2. The summed E-state index contributed by atoms with van der Waals surface area (Å²) in [6.45, 7) is 10.9. The molecule has 0 aliphatic carbocycles. The number of esters is 2. The van der Waals surface area contributed by atoms with Crippen LogP contribution in [0.3, 0.4) is 0 Å². The molecule has 42 heavy (non-hydrogen) atoms. The van der Waals surface area contributed by atoms with Gasteiger partial charge in [-0.15, -0.1) is 0 Å². The average Bonchev–Trinajstić information content (AvgIpc) is 2.86. The molecule has 0 radical (unpaired) electrons. The van der Waals surface area contributed by atoms with E-state index in [1.165, 1.54) is 50.6 Å². The molecule has 0 atom stereocenters. The summed E-state index contributed by atoms with van der Waals surface area (Å²) < 4.78 is 9.10. The average molecular weight is 589 g/mol. The second-order valence-corrected chi connectivity index (χ2v) is 11.1. The monoisotopic (exact) mass is 588 g/mol. The summed E-state index contributed by atoms with van der Waals surface area (Å²) in [6.07, 6.45) is -0.407. The first-order valence-corrected chi connectivity index (χ1v) is 12.6. The zero-order valence-corrected chi connectivity index (χ0v) is 24.9. The Morgan fingerprint density at radius 1 is 0.667 bits per heavy atom. The third kappa shape index (κ3) is 11.7. The number of carbonyl (C=O) groups excluding carboxylic acids is 4. The van der Waals surface area contributed by atoms with E-state index in [4.69, 9.17) is 0 Å². The molecule has 2 amide bonds. The van der Waals surface area contributed by atoms with Crippen molar-refractivity contribution in [3.05, 3.63) is 78.9 Å². The Kier molecular flexibility index (Phi) is 12.3. The molecule has 0 fully saturated rings. The number of nitrogens with one attached hydrogen (secondary N) is 2. The predicted molar refractivity (Wildman–Crippen MR) is 152 cm³/mol. The number of non-ortho nitro benzene ring substituents is 2. The molecule has 0 saturated heterocycles. The van der Waals surface area contributed by atoms with E-state index in [0.29, 0.717) is 0 Å². The van der Waals surface area contributed by atoms with Gasteiger partial charge >= 0.3 is 11.9 Å². The van der Waals surface area contributed by atoms with Crippen molar-refractivity contribution in [2.45, 2.75) is 65.5 Å². The Morgan fingerprint density at radius 3 is 1.21 bits per heavy atom. The fourth-order valence-electron chi connectivity index (χ4n) is 3.39.